The molecular weight excluding hydrogens is 386 g/mol. The van der Waals surface area contributed by atoms with Gasteiger partial charge in [0.05, 0.1) is 23.7 Å². The average molecular weight is 404 g/mol. The van der Waals surface area contributed by atoms with Crippen LogP contribution in [-0.2, 0) is 23.1 Å². The molecule has 1 heterocycles. The second-order valence-electron chi connectivity index (χ2n) is 5.74. The number of ether oxygens (including phenoxy) is 1. The van der Waals surface area contributed by atoms with E-state index in [1.54, 1.807) is 43.5 Å². The number of nitrogens with one attached hydrogen (secondary N) is 1. The third-order valence-corrected chi connectivity index (χ3v) is 5.44. The van der Waals surface area contributed by atoms with Gasteiger partial charge in [-0.15, -0.1) is 0 Å². The summed E-state index contributed by atoms with van der Waals surface area (Å²) in [5.41, 5.74) is 0.944. The summed E-state index contributed by atoms with van der Waals surface area (Å²) in [4.78, 5) is 12.9. The Balaban J connectivity index is 1.56. The van der Waals surface area contributed by atoms with Crippen LogP contribution < -0.4 is 10.1 Å². The molecule has 27 heavy (non-hydrogen) atoms. The molecule has 1 amide bonds. The predicted molar refractivity (Wildman–Crippen MR) is 104 cm³/mol. The van der Waals surface area contributed by atoms with Crippen LogP contribution in [0.2, 0.25) is 5.02 Å². The monoisotopic (exact) mass is 403 g/mol. The van der Waals surface area contributed by atoms with Gasteiger partial charge in [-0.1, -0.05) is 23.7 Å². The lowest BCUT2D eigenvalue weighted by Gasteiger charge is -2.05. The number of hydrogen-bond acceptors (Lipinski definition) is 4. The van der Waals surface area contributed by atoms with E-state index >= 15 is 0 Å². The Hall–Kier alpha value is -2.57. The first-order valence-corrected chi connectivity index (χ1v) is 9.88. The molecule has 0 spiro atoms. The summed E-state index contributed by atoms with van der Waals surface area (Å²) in [5, 5.41) is 3.38. The summed E-state index contributed by atoms with van der Waals surface area (Å²) < 4.78 is 23.0. The molecule has 5 nitrogen and oxygen atoms in total. The number of amides is 1. The van der Waals surface area contributed by atoms with Crippen LogP contribution in [0.3, 0.4) is 0 Å². The Morgan fingerprint density at radius 3 is 2.44 bits per heavy atom. The van der Waals surface area contributed by atoms with Gasteiger partial charge in [0.1, 0.15) is 11.5 Å². The van der Waals surface area contributed by atoms with Crippen molar-refractivity contribution < 1.29 is 18.2 Å². The van der Waals surface area contributed by atoms with Crippen LogP contribution in [0.4, 0.5) is 0 Å². The lowest BCUT2D eigenvalue weighted by Crippen LogP contribution is -2.22. The molecule has 7 heteroatoms. The van der Waals surface area contributed by atoms with Gasteiger partial charge in [0, 0.05) is 16.5 Å². The number of carbonyl (C=O) groups excluding carboxylic acids is 1. The Bertz CT molecular complexity index is 935. The maximum absolute atomic E-state index is 12.4. The van der Waals surface area contributed by atoms with Gasteiger partial charge in [-0.2, -0.15) is 0 Å². The molecule has 0 aliphatic carbocycles. The minimum absolute atomic E-state index is 0.187. The molecule has 0 radical (unpaired) electrons. The molecule has 0 aliphatic heterocycles. The van der Waals surface area contributed by atoms with Crippen LogP contribution in [0.5, 0.6) is 5.75 Å². The molecule has 1 aromatic heterocycles. The molecule has 3 rings (SSSR count). The molecule has 0 bridgehead atoms. The number of furan rings is 1. The van der Waals surface area contributed by atoms with E-state index in [1.165, 1.54) is 0 Å². The molecule has 3 aromatic rings. The van der Waals surface area contributed by atoms with Crippen LogP contribution >= 0.6 is 11.6 Å². The van der Waals surface area contributed by atoms with Crippen LogP contribution in [0.1, 0.15) is 21.9 Å². The maximum Gasteiger partial charge on any atom is 0.287 e. The molecule has 0 saturated heterocycles. The smallest absolute Gasteiger partial charge is 0.287 e. The first kappa shape index (κ1) is 19.2. The molecule has 1 N–H and O–H groups in total. The number of methoxy groups -OCH3 is 1. The summed E-state index contributed by atoms with van der Waals surface area (Å²) in [5.74, 6) is 1.29. The van der Waals surface area contributed by atoms with E-state index in [0.29, 0.717) is 22.2 Å². The molecule has 0 saturated carbocycles. The van der Waals surface area contributed by atoms with Gasteiger partial charge >= 0.3 is 0 Å². The Morgan fingerprint density at radius 1 is 1.07 bits per heavy atom. The predicted octanol–water partition coefficient (Wildman–Crippen LogP) is 4.18. The number of carbonyl (C=O) groups is 1. The first-order chi connectivity index (χ1) is 13.0. The highest BCUT2D eigenvalue weighted by Crippen LogP contribution is 2.17. The molecule has 2 aromatic carbocycles. The third-order valence-electron chi connectivity index (χ3n) is 3.85. The number of benzene rings is 2. The summed E-state index contributed by atoms with van der Waals surface area (Å²) in [6.07, 6.45) is 0. The highest BCUT2D eigenvalue weighted by Gasteiger charge is 2.13. The van der Waals surface area contributed by atoms with E-state index in [9.17, 15) is 9.00 Å². The number of rotatable bonds is 7. The number of halogens is 1. The maximum atomic E-state index is 12.4. The summed E-state index contributed by atoms with van der Waals surface area (Å²) in [7, 11) is 0.327. The summed E-state index contributed by atoms with van der Waals surface area (Å²) in [6, 6.07) is 17.5. The van der Waals surface area contributed by atoms with Gasteiger partial charge in [-0.3, -0.25) is 9.00 Å². The van der Waals surface area contributed by atoms with Crippen molar-refractivity contribution in [3.05, 3.63) is 82.8 Å². The molecule has 1 atom stereocenters. The Morgan fingerprint density at radius 2 is 1.78 bits per heavy atom. The van der Waals surface area contributed by atoms with Gasteiger partial charge in [-0.05, 0) is 54.1 Å². The summed E-state index contributed by atoms with van der Waals surface area (Å²) >= 11 is 5.84. The molecule has 0 fully saturated rings. The average Bonchev–Trinajstić information content (AvgIpc) is 3.15. The molecular formula is C20H18ClNO4S. The van der Waals surface area contributed by atoms with Crippen LogP contribution in [0.25, 0.3) is 0 Å². The standard InChI is InChI=1S/C20H18ClNO4S/c1-25-16-6-2-14(3-7-16)12-22-20(23)19-11-8-17(26-19)13-27(24)18-9-4-15(21)5-10-18/h2-11H,12-13H2,1H3,(H,22,23)/t27-/m0/s1. The zero-order valence-corrected chi connectivity index (χ0v) is 16.2. The largest absolute Gasteiger partial charge is 0.497 e. The quantitative estimate of drug-likeness (QED) is 0.642. The fraction of sp³-hybridized carbons (Fsp3) is 0.150. The van der Waals surface area contributed by atoms with Crippen molar-refractivity contribution >= 4 is 28.3 Å². The van der Waals surface area contributed by atoms with Gasteiger partial charge in [0.2, 0.25) is 0 Å². The van der Waals surface area contributed by atoms with E-state index in [2.05, 4.69) is 5.32 Å². The Labute approximate surface area is 164 Å². The van der Waals surface area contributed by atoms with Crippen molar-refractivity contribution in [2.75, 3.05) is 7.11 Å². The van der Waals surface area contributed by atoms with Gasteiger partial charge < -0.3 is 14.5 Å². The zero-order valence-electron chi connectivity index (χ0n) is 14.6. The lowest BCUT2D eigenvalue weighted by atomic mass is 10.2. The highest BCUT2D eigenvalue weighted by atomic mass is 35.5. The van der Waals surface area contributed by atoms with Crippen molar-refractivity contribution in [1.29, 1.82) is 0 Å². The van der Waals surface area contributed by atoms with E-state index < -0.39 is 10.8 Å². The minimum atomic E-state index is -1.28. The van der Waals surface area contributed by atoms with Crippen LogP contribution in [-0.4, -0.2) is 17.2 Å². The summed E-state index contributed by atoms with van der Waals surface area (Å²) in [6.45, 7) is 0.371. The van der Waals surface area contributed by atoms with Gasteiger partial charge in [-0.25, -0.2) is 0 Å². The van der Waals surface area contributed by atoms with Gasteiger partial charge in [0.25, 0.3) is 5.91 Å². The van der Waals surface area contributed by atoms with Crippen LogP contribution in [0, 0.1) is 0 Å². The minimum Gasteiger partial charge on any atom is -0.497 e. The highest BCUT2D eigenvalue weighted by molar-refractivity contribution is 7.84. The molecule has 0 aliphatic rings. The normalized spacial score (nSPS) is 11.8. The zero-order chi connectivity index (χ0) is 19.2. The van der Waals surface area contributed by atoms with Crippen LogP contribution in [0.15, 0.2) is 70.0 Å². The Kier molecular flexibility index (Phi) is 6.32. The first-order valence-electron chi connectivity index (χ1n) is 8.19. The van der Waals surface area contributed by atoms with Crippen molar-refractivity contribution in [2.24, 2.45) is 0 Å². The van der Waals surface area contributed by atoms with Crippen molar-refractivity contribution in [3.8, 4) is 5.75 Å². The second kappa shape index (κ2) is 8.88. The topological polar surface area (TPSA) is 68.5 Å². The van der Waals surface area contributed by atoms with Crippen molar-refractivity contribution in [2.45, 2.75) is 17.2 Å². The molecule has 140 valence electrons. The van der Waals surface area contributed by atoms with Gasteiger partial charge in [0.15, 0.2) is 5.76 Å². The number of hydrogen-bond donors (Lipinski definition) is 1. The fourth-order valence-corrected chi connectivity index (χ4v) is 3.54. The fourth-order valence-electron chi connectivity index (χ4n) is 2.39. The third kappa shape index (κ3) is 5.21. The van der Waals surface area contributed by atoms with Crippen molar-refractivity contribution in [1.82, 2.24) is 5.32 Å². The van der Waals surface area contributed by atoms with E-state index in [1.807, 2.05) is 24.3 Å². The van der Waals surface area contributed by atoms with E-state index in [-0.39, 0.29) is 17.4 Å². The van der Waals surface area contributed by atoms with E-state index in [4.69, 9.17) is 20.8 Å². The van der Waals surface area contributed by atoms with E-state index in [0.717, 1.165) is 11.3 Å². The SMILES string of the molecule is COc1ccc(CNC(=O)c2ccc(C[S@](=O)c3ccc(Cl)cc3)o2)cc1. The molecule has 0 unspecified atom stereocenters. The lowest BCUT2D eigenvalue weighted by molar-refractivity contribution is 0.0921. The second-order valence-corrected chi connectivity index (χ2v) is 7.63. The van der Waals surface area contributed by atoms with Crippen molar-refractivity contribution in [3.63, 3.8) is 0 Å².